The zero-order chi connectivity index (χ0) is 12.7. The van der Waals surface area contributed by atoms with Crippen LogP contribution in [0.25, 0.3) is 0 Å². The number of nitrogens with one attached hydrogen (secondary N) is 2. The van der Waals surface area contributed by atoms with Crippen molar-refractivity contribution in [1.82, 2.24) is 10.6 Å². The SMILES string of the molecule is CCCNC(=O)NCc1ccc(C(N)=S)cc1. The average molecular weight is 251 g/mol. The Bertz CT molecular complexity index is 389. The highest BCUT2D eigenvalue weighted by molar-refractivity contribution is 7.80. The fraction of sp³-hybridized carbons (Fsp3) is 0.333. The fourth-order valence-corrected chi connectivity index (χ4v) is 1.41. The maximum absolute atomic E-state index is 11.3. The number of rotatable bonds is 5. The molecule has 0 fully saturated rings. The van der Waals surface area contributed by atoms with E-state index in [1.165, 1.54) is 0 Å². The number of benzene rings is 1. The van der Waals surface area contributed by atoms with Gasteiger partial charge in [0.05, 0.1) is 0 Å². The Labute approximate surface area is 107 Å². The first kappa shape index (κ1) is 13.4. The highest BCUT2D eigenvalue weighted by Gasteiger charge is 2.00. The van der Waals surface area contributed by atoms with E-state index in [2.05, 4.69) is 10.6 Å². The van der Waals surface area contributed by atoms with Crippen LogP contribution in [-0.4, -0.2) is 17.6 Å². The lowest BCUT2D eigenvalue weighted by atomic mass is 10.1. The van der Waals surface area contributed by atoms with Crippen molar-refractivity contribution in [1.29, 1.82) is 0 Å². The van der Waals surface area contributed by atoms with Gasteiger partial charge in [-0.3, -0.25) is 0 Å². The summed E-state index contributed by atoms with van der Waals surface area (Å²) in [7, 11) is 0. The first-order chi connectivity index (χ1) is 8.13. The second-order valence-corrected chi connectivity index (χ2v) is 4.11. The van der Waals surface area contributed by atoms with Gasteiger partial charge in [0.2, 0.25) is 0 Å². The third kappa shape index (κ3) is 4.82. The Balaban J connectivity index is 2.42. The van der Waals surface area contributed by atoms with Crippen molar-refractivity contribution in [3.63, 3.8) is 0 Å². The number of carbonyl (C=O) groups excluding carboxylic acids is 1. The van der Waals surface area contributed by atoms with Crippen molar-refractivity contribution >= 4 is 23.2 Å². The van der Waals surface area contributed by atoms with Crippen LogP contribution in [0.5, 0.6) is 0 Å². The van der Waals surface area contributed by atoms with Gasteiger partial charge in [-0.25, -0.2) is 4.79 Å². The first-order valence-electron chi connectivity index (χ1n) is 5.54. The minimum Gasteiger partial charge on any atom is -0.389 e. The molecular weight excluding hydrogens is 234 g/mol. The van der Waals surface area contributed by atoms with Gasteiger partial charge in [0.1, 0.15) is 4.99 Å². The Morgan fingerprint density at radius 3 is 2.47 bits per heavy atom. The molecule has 4 N–H and O–H groups in total. The monoisotopic (exact) mass is 251 g/mol. The van der Waals surface area contributed by atoms with Gasteiger partial charge in [0.15, 0.2) is 0 Å². The molecule has 0 radical (unpaired) electrons. The van der Waals surface area contributed by atoms with Gasteiger partial charge in [-0.2, -0.15) is 0 Å². The molecule has 0 saturated heterocycles. The molecule has 92 valence electrons. The van der Waals surface area contributed by atoms with E-state index in [0.717, 1.165) is 17.5 Å². The summed E-state index contributed by atoms with van der Waals surface area (Å²) in [5.74, 6) is 0. The summed E-state index contributed by atoms with van der Waals surface area (Å²) in [5.41, 5.74) is 7.34. The lowest BCUT2D eigenvalue weighted by Gasteiger charge is -2.07. The Kier molecular flexibility index (Phi) is 5.42. The molecule has 0 aliphatic carbocycles. The van der Waals surface area contributed by atoms with E-state index in [4.69, 9.17) is 18.0 Å². The summed E-state index contributed by atoms with van der Waals surface area (Å²) >= 11 is 4.86. The molecule has 0 atom stereocenters. The third-order valence-electron chi connectivity index (χ3n) is 2.23. The van der Waals surface area contributed by atoms with Gasteiger partial charge in [-0.15, -0.1) is 0 Å². The van der Waals surface area contributed by atoms with E-state index < -0.39 is 0 Å². The van der Waals surface area contributed by atoms with E-state index in [1.54, 1.807) is 0 Å². The zero-order valence-electron chi connectivity index (χ0n) is 9.82. The topological polar surface area (TPSA) is 67.2 Å². The minimum absolute atomic E-state index is 0.148. The molecule has 1 aromatic carbocycles. The van der Waals surface area contributed by atoms with Crippen LogP contribution in [0.1, 0.15) is 24.5 Å². The predicted octanol–water partition coefficient (Wildman–Crippen LogP) is 1.53. The van der Waals surface area contributed by atoms with Gasteiger partial charge in [0, 0.05) is 18.7 Å². The normalized spacial score (nSPS) is 9.71. The third-order valence-corrected chi connectivity index (χ3v) is 2.46. The molecule has 0 aromatic heterocycles. The van der Waals surface area contributed by atoms with E-state index in [-0.39, 0.29) is 6.03 Å². The van der Waals surface area contributed by atoms with Crippen LogP contribution < -0.4 is 16.4 Å². The van der Waals surface area contributed by atoms with Crippen LogP contribution in [0, 0.1) is 0 Å². The smallest absolute Gasteiger partial charge is 0.315 e. The van der Waals surface area contributed by atoms with Gasteiger partial charge in [-0.05, 0) is 12.0 Å². The van der Waals surface area contributed by atoms with Crippen LogP contribution in [0.3, 0.4) is 0 Å². The number of nitrogens with two attached hydrogens (primary N) is 1. The van der Waals surface area contributed by atoms with Crippen LogP contribution >= 0.6 is 12.2 Å². The summed E-state index contributed by atoms with van der Waals surface area (Å²) in [4.78, 5) is 11.7. The molecule has 2 amide bonds. The van der Waals surface area contributed by atoms with Crippen LogP contribution in [0.15, 0.2) is 24.3 Å². The quantitative estimate of drug-likeness (QED) is 0.695. The number of hydrogen-bond acceptors (Lipinski definition) is 2. The van der Waals surface area contributed by atoms with Crippen molar-refractivity contribution < 1.29 is 4.79 Å². The molecule has 4 nitrogen and oxygen atoms in total. The van der Waals surface area contributed by atoms with Crippen molar-refractivity contribution in [2.75, 3.05) is 6.54 Å². The lowest BCUT2D eigenvalue weighted by molar-refractivity contribution is 0.240. The molecule has 0 aliphatic heterocycles. The molecule has 0 heterocycles. The maximum Gasteiger partial charge on any atom is 0.315 e. The second-order valence-electron chi connectivity index (χ2n) is 3.67. The number of hydrogen-bond donors (Lipinski definition) is 3. The first-order valence-corrected chi connectivity index (χ1v) is 5.94. The van der Waals surface area contributed by atoms with E-state index in [0.29, 0.717) is 18.1 Å². The minimum atomic E-state index is -0.148. The second kappa shape index (κ2) is 6.85. The van der Waals surface area contributed by atoms with Crippen LogP contribution in [0.4, 0.5) is 4.79 Å². The van der Waals surface area contributed by atoms with E-state index in [9.17, 15) is 4.79 Å². The fourth-order valence-electron chi connectivity index (χ4n) is 1.27. The average Bonchev–Trinajstić information content (AvgIpc) is 2.34. The highest BCUT2D eigenvalue weighted by Crippen LogP contribution is 2.03. The van der Waals surface area contributed by atoms with E-state index in [1.807, 2.05) is 31.2 Å². The van der Waals surface area contributed by atoms with Gasteiger partial charge >= 0.3 is 6.03 Å². The molecule has 5 heteroatoms. The van der Waals surface area contributed by atoms with Crippen molar-refractivity contribution in [3.05, 3.63) is 35.4 Å². The van der Waals surface area contributed by atoms with Gasteiger partial charge in [0.25, 0.3) is 0 Å². The molecular formula is C12H17N3OS. The summed E-state index contributed by atoms with van der Waals surface area (Å²) in [6, 6.07) is 7.35. The van der Waals surface area contributed by atoms with Crippen LogP contribution in [-0.2, 0) is 6.54 Å². The predicted molar refractivity (Wildman–Crippen MR) is 72.9 cm³/mol. The summed E-state index contributed by atoms with van der Waals surface area (Å²) in [5, 5.41) is 5.51. The van der Waals surface area contributed by atoms with Crippen LogP contribution in [0.2, 0.25) is 0 Å². The van der Waals surface area contributed by atoms with Gasteiger partial charge in [-0.1, -0.05) is 43.4 Å². The Morgan fingerprint density at radius 2 is 1.94 bits per heavy atom. The molecule has 17 heavy (non-hydrogen) atoms. The van der Waals surface area contributed by atoms with E-state index >= 15 is 0 Å². The van der Waals surface area contributed by atoms with Crippen molar-refractivity contribution in [3.8, 4) is 0 Å². The van der Waals surface area contributed by atoms with Crippen molar-refractivity contribution in [2.45, 2.75) is 19.9 Å². The molecule has 0 saturated carbocycles. The maximum atomic E-state index is 11.3. The standard InChI is InChI=1S/C12H17N3OS/c1-2-7-14-12(16)15-8-9-3-5-10(6-4-9)11(13)17/h3-6H,2,7-8H2,1H3,(H2,13,17)(H2,14,15,16). The lowest BCUT2D eigenvalue weighted by Crippen LogP contribution is -2.35. The largest absolute Gasteiger partial charge is 0.389 e. The number of amides is 2. The molecule has 1 rings (SSSR count). The number of thiocarbonyl (C=S) groups is 1. The Morgan fingerprint density at radius 1 is 1.29 bits per heavy atom. The van der Waals surface area contributed by atoms with Crippen molar-refractivity contribution in [2.24, 2.45) is 5.73 Å². The van der Waals surface area contributed by atoms with Gasteiger partial charge < -0.3 is 16.4 Å². The molecule has 0 unspecified atom stereocenters. The molecule has 0 spiro atoms. The zero-order valence-corrected chi connectivity index (χ0v) is 10.6. The number of urea groups is 1. The molecule has 0 aliphatic rings. The Hall–Kier alpha value is -1.62. The summed E-state index contributed by atoms with van der Waals surface area (Å²) in [6.07, 6.45) is 0.927. The molecule has 1 aromatic rings. The molecule has 0 bridgehead atoms. The number of carbonyl (C=O) groups is 1. The summed E-state index contributed by atoms with van der Waals surface area (Å²) < 4.78 is 0. The summed E-state index contributed by atoms with van der Waals surface area (Å²) in [6.45, 7) is 3.19. The highest BCUT2D eigenvalue weighted by atomic mass is 32.1.